The number of methoxy groups -OCH3 is 1. The van der Waals surface area contributed by atoms with Gasteiger partial charge in [-0.1, -0.05) is 94.7 Å². The van der Waals surface area contributed by atoms with Gasteiger partial charge in [0, 0.05) is 10.9 Å². The summed E-state index contributed by atoms with van der Waals surface area (Å²) in [4.78, 5) is 0. The Morgan fingerprint density at radius 3 is 2.30 bits per heavy atom. The van der Waals surface area contributed by atoms with E-state index >= 15 is 4.39 Å². The molecule has 0 amide bonds. The molecule has 1 fully saturated rings. The zero-order chi connectivity index (χ0) is 23.2. The highest BCUT2D eigenvalue weighted by atomic mass is 19.1. The van der Waals surface area contributed by atoms with E-state index in [2.05, 4.69) is 19.1 Å². The van der Waals surface area contributed by atoms with Gasteiger partial charge in [0.1, 0.15) is 5.82 Å². The molecule has 33 heavy (non-hydrogen) atoms. The Balaban J connectivity index is 1.39. The summed E-state index contributed by atoms with van der Waals surface area (Å²) >= 11 is 0. The maximum absolute atomic E-state index is 15.3. The summed E-state index contributed by atoms with van der Waals surface area (Å²) in [6.45, 7) is 2.28. The molecule has 3 aromatic carbocycles. The second-order valence-electron chi connectivity index (χ2n) is 9.75. The van der Waals surface area contributed by atoms with Gasteiger partial charge >= 0.3 is 0 Å². The van der Waals surface area contributed by atoms with E-state index in [1.807, 2.05) is 12.1 Å². The van der Waals surface area contributed by atoms with Crippen molar-refractivity contribution >= 4 is 10.8 Å². The number of rotatable bonds is 9. The van der Waals surface area contributed by atoms with Gasteiger partial charge in [-0.2, -0.15) is 0 Å². The zero-order valence-corrected chi connectivity index (χ0v) is 20.0. The van der Waals surface area contributed by atoms with Crippen LogP contribution in [0.4, 0.5) is 8.78 Å². The van der Waals surface area contributed by atoms with Crippen molar-refractivity contribution in [1.82, 2.24) is 0 Å². The highest BCUT2D eigenvalue weighted by Gasteiger charge is 2.21. The average Bonchev–Trinajstić information content (AvgIpc) is 2.84. The molecule has 1 aliphatic rings. The highest BCUT2D eigenvalue weighted by molar-refractivity contribution is 5.88. The predicted molar refractivity (Wildman–Crippen MR) is 134 cm³/mol. The van der Waals surface area contributed by atoms with Crippen molar-refractivity contribution in [2.75, 3.05) is 7.11 Å². The van der Waals surface area contributed by atoms with Crippen LogP contribution in [0.3, 0.4) is 0 Å². The molecular weight excluding hydrogens is 414 g/mol. The Kier molecular flexibility index (Phi) is 8.01. The van der Waals surface area contributed by atoms with Gasteiger partial charge in [-0.05, 0) is 53.3 Å². The van der Waals surface area contributed by atoms with Gasteiger partial charge in [0.15, 0.2) is 11.6 Å². The second kappa shape index (κ2) is 11.1. The van der Waals surface area contributed by atoms with Gasteiger partial charge in [-0.15, -0.1) is 0 Å². The van der Waals surface area contributed by atoms with Crippen LogP contribution in [0.15, 0.2) is 48.5 Å². The molecule has 0 aliphatic heterocycles. The zero-order valence-electron chi connectivity index (χ0n) is 20.0. The summed E-state index contributed by atoms with van der Waals surface area (Å²) in [5.41, 5.74) is 2.20. The summed E-state index contributed by atoms with van der Waals surface area (Å²) < 4.78 is 34.4. The van der Waals surface area contributed by atoms with Crippen molar-refractivity contribution in [3.63, 3.8) is 0 Å². The number of hydrogen-bond donors (Lipinski definition) is 0. The van der Waals surface area contributed by atoms with Gasteiger partial charge in [0.05, 0.1) is 7.11 Å². The molecule has 0 heterocycles. The summed E-state index contributed by atoms with van der Waals surface area (Å²) in [5, 5.41) is 1.49. The topological polar surface area (TPSA) is 9.23 Å². The fraction of sp³-hybridized carbons (Fsp3) is 0.467. The van der Waals surface area contributed by atoms with Crippen LogP contribution in [0.1, 0.15) is 70.3 Å². The molecule has 4 rings (SSSR count). The van der Waals surface area contributed by atoms with E-state index in [4.69, 9.17) is 4.74 Å². The van der Waals surface area contributed by atoms with Crippen LogP contribution in [-0.2, 0) is 6.42 Å². The van der Waals surface area contributed by atoms with Crippen LogP contribution < -0.4 is 4.74 Å². The molecule has 0 aromatic heterocycles. The van der Waals surface area contributed by atoms with Crippen LogP contribution in [0.25, 0.3) is 21.9 Å². The van der Waals surface area contributed by atoms with Gasteiger partial charge < -0.3 is 4.74 Å². The summed E-state index contributed by atoms with van der Waals surface area (Å²) in [5.74, 6) is 1.15. The predicted octanol–water partition coefficient (Wildman–Crippen LogP) is 9.11. The molecule has 0 radical (unpaired) electrons. The van der Waals surface area contributed by atoms with Crippen molar-refractivity contribution in [1.29, 1.82) is 0 Å². The minimum absolute atomic E-state index is 0.162. The first-order chi connectivity index (χ1) is 16.1. The summed E-state index contributed by atoms with van der Waals surface area (Å²) in [6, 6.07) is 14.3. The molecule has 0 spiro atoms. The fourth-order valence-electron chi connectivity index (χ4n) is 5.42. The third-order valence-corrected chi connectivity index (χ3v) is 7.50. The average molecular weight is 451 g/mol. The molecule has 3 aromatic rings. The SMILES string of the molecule is CCCCCC1CCC(CCc2ccc3c(F)c(-c4ccc(OC)c(F)c4)ccc3c2)CC1. The number of benzene rings is 3. The quantitative estimate of drug-likeness (QED) is 0.295. The maximum Gasteiger partial charge on any atom is 0.165 e. The first-order valence-electron chi connectivity index (χ1n) is 12.6. The lowest BCUT2D eigenvalue weighted by Crippen LogP contribution is -2.15. The minimum Gasteiger partial charge on any atom is -0.494 e. The number of aryl methyl sites for hydroxylation is 1. The normalized spacial score (nSPS) is 18.5. The number of unbranched alkanes of at least 4 members (excludes halogenated alkanes) is 2. The largest absolute Gasteiger partial charge is 0.494 e. The van der Waals surface area contributed by atoms with E-state index in [1.165, 1.54) is 82.6 Å². The number of halogens is 2. The summed E-state index contributed by atoms with van der Waals surface area (Å²) in [6.07, 6.45) is 13.3. The van der Waals surface area contributed by atoms with E-state index in [9.17, 15) is 4.39 Å². The van der Waals surface area contributed by atoms with Gasteiger partial charge in [-0.3, -0.25) is 0 Å². The molecule has 1 nitrogen and oxygen atoms in total. The number of hydrogen-bond acceptors (Lipinski definition) is 1. The molecule has 0 saturated heterocycles. The maximum atomic E-state index is 15.3. The Hall–Kier alpha value is -2.42. The van der Waals surface area contributed by atoms with Gasteiger partial charge in [0.25, 0.3) is 0 Å². The van der Waals surface area contributed by atoms with E-state index < -0.39 is 5.82 Å². The van der Waals surface area contributed by atoms with Gasteiger partial charge in [0.2, 0.25) is 0 Å². The van der Waals surface area contributed by atoms with Crippen LogP contribution in [0, 0.1) is 23.5 Å². The van der Waals surface area contributed by atoms with Crippen molar-refractivity contribution < 1.29 is 13.5 Å². The van der Waals surface area contributed by atoms with Crippen LogP contribution in [0.5, 0.6) is 5.75 Å². The van der Waals surface area contributed by atoms with Crippen molar-refractivity contribution in [2.24, 2.45) is 11.8 Å². The standard InChI is InChI=1S/C30H36F2O/c1-3-4-5-6-21-7-9-22(10-8-21)11-12-23-13-16-26-24(19-23)14-17-27(30(26)32)25-15-18-29(33-2)28(31)20-25/h13-22H,3-12H2,1-2H3. The lowest BCUT2D eigenvalue weighted by atomic mass is 9.77. The molecule has 0 bridgehead atoms. The first kappa shape index (κ1) is 23.7. The monoisotopic (exact) mass is 450 g/mol. The molecule has 1 saturated carbocycles. The highest BCUT2D eigenvalue weighted by Crippen LogP contribution is 2.35. The Labute approximate surface area is 197 Å². The number of ether oxygens (including phenoxy) is 1. The summed E-state index contributed by atoms with van der Waals surface area (Å²) in [7, 11) is 1.42. The molecule has 0 atom stereocenters. The number of fused-ring (bicyclic) bond motifs is 1. The Morgan fingerprint density at radius 1 is 0.848 bits per heavy atom. The molecule has 1 aliphatic carbocycles. The van der Waals surface area contributed by atoms with Gasteiger partial charge in [-0.25, -0.2) is 8.78 Å². The Bertz CT molecular complexity index is 1070. The fourth-order valence-corrected chi connectivity index (χ4v) is 5.42. The third-order valence-electron chi connectivity index (χ3n) is 7.50. The smallest absolute Gasteiger partial charge is 0.165 e. The van der Waals surface area contributed by atoms with Crippen molar-refractivity contribution in [3.8, 4) is 16.9 Å². The van der Waals surface area contributed by atoms with Crippen LogP contribution in [0.2, 0.25) is 0 Å². The molecule has 176 valence electrons. The minimum atomic E-state index is -0.486. The molecule has 0 unspecified atom stereocenters. The van der Waals surface area contributed by atoms with Crippen molar-refractivity contribution in [3.05, 3.63) is 65.7 Å². The van der Waals surface area contributed by atoms with E-state index in [0.29, 0.717) is 16.5 Å². The lowest BCUT2D eigenvalue weighted by molar-refractivity contribution is 0.249. The molecular formula is C30H36F2O. The molecule has 0 N–H and O–H groups in total. The van der Waals surface area contributed by atoms with E-state index in [-0.39, 0.29) is 11.6 Å². The van der Waals surface area contributed by atoms with E-state index in [1.54, 1.807) is 12.1 Å². The lowest BCUT2D eigenvalue weighted by Gasteiger charge is -2.28. The van der Waals surface area contributed by atoms with Crippen LogP contribution in [-0.4, -0.2) is 7.11 Å². The Morgan fingerprint density at radius 2 is 1.61 bits per heavy atom. The van der Waals surface area contributed by atoms with Crippen molar-refractivity contribution in [2.45, 2.75) is 71.1 Å². The third kappa shape index (κ3) is 5.75. The second-order valence-corrected chi connectivity index (χ2v) is 9.75. The van der Waals surface area contributed by atoms with Crippen LogP contribution >= 0.6 is 0 Å². The van der Waals surface area contributed by atoms with E-state index in [0.717, 1.165) is 23.6 Å². The molecule has 3 heteroatoms. The first-order valence-corrected chi connectivity index (χ1v) is 12.6.